The summed E-state index contributed by atoms with van der Waals surface area (Å²) in [5.74, 6) is -2.08. The van der Waals surface area contributed by atoms with Gasteiger partial charge < -0.3 is 5.32 Å². The predicted octanol–water partition coefficient (Wildman–Crippen LogP) is 4.66. The van der Waals surface area contributed by atoms with Gasteiger partial charge in [0.2, 0.25) is 0 Å². The van der Waals surface area contributed by atoms with Crippen molar-refractivity contribution in [3.05, 3.63) is 70.8 Å². The zero-order valence-electron chi connectivity index (χ0n) is 15.7. The minimum absolute atomic E-state index is 0.145. The molecule has 0 aliphatic heterocycles. The van der Waals surface area contributed by atoms with Gasteiger partial charge in [0.1, 0.15) is 11.6 Å². The number of nitrogens with zero attached hydrogens (tertiary/aromatic N) is 1. The molecule has 1 aliphatic carbocycles. The van der Waals surface area contributed by atoms with Crippen molar-refractivity contribution in [2.45, 2.75) is 51.2 Å². The van der Waals surface area contributed by atoms with Gasteiger partial charge in [0, 0.05) is 25.2 Å². The monoisotopic (exact) mass is 372 g/mol. The van der Waals surface area contributed by atoms with E-state index < -0.39 is 17.5 Å². The number of carbonyl (C=O) groups is 1. The quantitative estimate of drug-likeness (QED) is 0.800. The van der Waals surface area contributed by atoms with Gasteiger partial charge in [-0.15, -0.1) is 0 Å². The molecule has 0 saturated heterocycles. The summed E-state index contributed by atoms with van der Waals surface area (Å²) < 4.78 is 26.8. The predicted molar refractivity (Wildman–Crippen MR) is 102 cm³/mol. The summed E-state index contributed by atoms with van der Waals surface area (Å²) in [5.41, 5.74) is 2.02. The average Bonchev–Trinajstić information content (AvgIpc) is 2.67. The van der Waals surface area contributed by atoms with Gasteiger partial charge in [-0.3, -0.25) is 9.69 Å². The lowest BCUT2D eigenvalue weighted by atomic mass is 9.94. The second-order valence-corrected chi connectivity index (χ2v) is 7.28. The van der Waals surface area contributed by atoms with Gasteiger partial charge in [-0.05, 0) is 43.1 Å². The normalized spacial score (nSPS) is 15.1. The van der Waals surface area contributed by atoms with Crippen molar-refractivity contribution in [2.24, 2.45) is 0 Å². The van der Waals surface area contributed by atoms with E-state index in [1.165, 1.54) is 38.2 Å². The van der Waals surface area contributed by atoms with Crippen LogP contribution >= 0.6 is 0 Å². The first-order valence-electron chi connectivity index (χ1n) is 9.55. The number of rotatable bonds is 6. The Morgan fingerprint density at radius 2 is 1.78 bits per heavy atom. The smallest absolute Gasteiger partial charge is 0.254 e. The number of halogens is 2. The van der Waals surface area contributed by atoms with Gasteiger partial charge in [-0.1, -0.05) is 43.5 Å². The molecule has 1 aliphatic rings. The van der Waals surface area contributed by atoms with Gasteiger partial charge in [-0.2, -0.15) is 0 Å². The summed E-state index contributed by atoms with van der Waals surface area (Å²) in [5, 5.41) is 2.75. The van der Waals surface area contributed by atoms with E-state index in [1.54, 1.807) is 0 Å². The van der Waals surface area contributed by atoms with Crippen LogP contribution < -0.4 is 5.32 Å². The molecular formula is C22H26F2N2O. The van der Waals surface area contributed by atoms with Crippen LogP contribution in [0.5, 0.6) is 0 Å². The van der Waals surface area contributed by atoms with Crippen molar-refractivity contribution < 1.29 is 13.6 Å². The lowest BCUT2D eigenvalue weighted by Gasteiger charge is -2.31. The molecule has 0 bridgehead atoms. The summed E-state index contributed by atoms with van der Waals surface area (Å²) in [6.45, 7) is 1.13. The molecule has 3 rings (SSSR count). The molecule has 2 aromatic carbocycles. The van der Waals surface area contributed by atoms with Crippen LogP contribution in [0.4, 0.5) is 8.78 Å². The molecule has 1 fully saturated rings. The Hall–Kier alpha value is -2.27. The maximum atomic E-state index is 13.8. The van der Waals surface area contributed by atoms with Crippen LogP contribution in [0.1, 0.15) is 53.6 Å². The highest BCUT2D eigenvalue weighted by Crippen LogP contribution is 2.23. The van der Waals surface area contributed by atoms with E-state index in [1.807, 2.05) is 18.2 Å². The van der Waals surface area contributed by atoms with Crippen LogP contribution in [0.15, 0.2) is 42.5 Å². The van der Waals surface area contributed by atoms with Crippen molar-refractivity contribution in [1.29, 1.82) is 0 Å². The van der Waals surface area contributed by atoms with Crippen LogP contribution in [-0.2, 0) is 13.1 Å². The molecule has 3 nitrogen and oxygen atoms in total. The van der Waals surface area contributed by atoms with Gasteiger partial charge in [0.05, 0.1) is 5.56 Å². The van der Waals surface area contributed by atoms with E-state index in [-0.39, 0.29) is 5.56 Å². The Labute approximate surface area is 159 Å². The molecule has 2 aromatic rings. The highest BCUT2D eigenvalue weighted by atomic mass is 19.1. The van der Waals surface area contributed by atoms with Crippen molar-refractivity contribution in [2.75, 3.05) is 7.05 Å². The standard InChI is InChI=1S/C22H26F2N2O/c1-26(19-9-3-2-4-10-19)15-17-8-6-5-7-16(17)14-25-22(27)20-12-11-18(23)13-21(20)24/h5-8,11-13,19H,2-4,9-10,14-15H2,1H3,(H,25,27). The lowest BCUT2D eigenvalue weighted by molar-refractivity contribution is 0.0946. The maximum absolute atomic E-state index is 13.8. The molecule has 1 saturated carbocycles. The molecule has 144 valence electrons. The average molecular weight is 372 g/mol. The highest BCUT2D eigenvalue weighted by molar-refractivity contribution is 5.94. The van der Waals surface area contributed by atoms with Crippen LogP contribution in [0.3, 0.4) is 0 Å². The Balaban J connectivity index is 1.64. The summed E-state index contributed by atoms with van der Waals surface area (Å²) in [6.07, 6.45) is 6.37. The molecule has 0 atom stereocenters. The SMILES string of the molecule is CN(Cc1ccccc1CNC(=O)c1ccc(F)cc1F)C1CCCCC1. The van der Waals surface area contributed by atoms with Crippen LogP contribution in [0.2, 0.25) is 0 Å². The number of carbonyl (C=O) groups excluding carboxylic acids is 1. The molecule has 0 unspecified atom stereocenters. The third-order valence-electron chi connectivity index (χ3n) is 5.35. The highest BCUT2D eigenvalue weighted by Gasteiger charge is 2.19. The second kappa shape index (κ2) is 9.09. The number of nitrogens with one attached hydrogen (secondary N) is 1. The van der Waals surface area contributed by atoms with E-state index in [4.69, 9.17) is 0 Å². The lowest BCUT2D eigenvalue weighted by Crippen LogP contribution is -2.33. The van der Waals surface area contributed by atoms with Gasteiger partial charge in [0.25, 0.3) is 5.91 Å². The topological polar surface area (TPSA) is 32.3 Å². The third-order valence-corrected chi connectivity index (χ3v) is 5.35. The first-order chi connectivity index (χ1) is 13.0. The van der Waals surface area contributed by atoms with Crippen LogP contribution in [0.25, 0.3) is 0 Å². The number of hydrogen-bond acceptors (Lipinski definition) is 2. The van der Waals surface area contributed by atoms with Crippen molar-refractivity contribution in [3.63, 3.8) is 0 Å². The summed E-state index contributed by atoms with van der Waals surface area (Å²) >= 11 is 0. The molecule has 0 radical (unpaired) electrons. The molecule has 1 amide bonds. The zero-order chi connectivity index (χ0) is 19.2. The maximum Gasteiger partial charge on any atom is 0.254 e. The summed E-state index contributed by atoms with van der Waals surface area (Å²) in [7, 11) is 2.15. The summed E-state index contributed by atoms with van der Waals surface area (Å²) in [6, 6.07) is 11.6. The fourth-order valence-corrected chi connectivity index (χ4v) is 3.75. The van der Waals surface area contributed by atoms with E-state index in [0.717, 1.165) is 29.8 Å². The van der Waals surface area contributed by atoms with Crippen molar-refractivity contribution >= 4 is 5.91 Å². The second-order valence-electron chi connectivity index (χ2n) is 7.28. The fourth-order valence-electron chi connectivity index (χ4n) is 3.75. The first kappa shape index (κ1) is 19.5. The fraction of sp³-hybridized carbons (Fsp3) is 0.409. The van der Waals surface area contributed by atoms with Crippen molar-refractivity contribution in [1.82, 2.24) is 10.2 Å². The van der Waals surface area contributed by atoms with E-state index >= 15 is 0 Å². The van der Waals surface area contributed by atoms with E-state index in [9.17, 15) is 13.6 Å². The third kappa shape index (κ3) is 5.13. The molecule has 0 aromatic heterocycles. The molecule has 5 heteroatoms. The van der Waals surface area contributed by atoms with Gasteiger partial charge >= 0.3 is 0 Å². The minimum atomic E-state index is -0.849. The number of benzene rings is 2. The molecular weight excluding hydrogens is 346 g/mol. The Morgan fingerprint density at radius 3 is 2.48 bits per heavy atom. The molecule has 27 heavy (non-hydrogen) atoms. The minimum Gasteiger partial charge on any atom is -0.348 e. The molecule has 0 heterocycles. The van der Waals surface area contributed by atoms with E-state index in [0.29, 0.717) is 12.6 Å². The Kier molecular flexibility index (Phi) is 6.56. The van der Waals surface area contributed by atoms with Crippen LogP contribution in [0, 0.1) is 11.6 Å². The van der Waals surface area contributed by atoms with E-state index in [2.05, 4.69) is 23.3 Å². The Bertz CT molecular complexity index is 788. The zero-order valence-corrected chi connectivity index (χ0v) is 15.7. The van der Waals surface area contributed by atoms with Gasteiger partial charge in [0.15, 0.2) is 0 Å². The van der Waals surface area contributed by atoms with Crippen molar-refractivity contribution in [3.8, 4) is 0 Å². The molecule has 0 spiro atoms. The Morgan fingerprint density at radius 1 is 1.07 bits per heavy atom. The molecule has 1 N–H and O–H groups in total. The largest absolute Gasteiger partial charge is 0.348 e. The first-order valence-corrected chi connectivity index (χ1v) is 9.55. The number of hydrogen-bond donors (Lipinski definition) is 1. The summed E-state index contributed by atoms with van der Waals surface area (Å²) in [4.78, 5) is 14.6. The van der Waals surface area contributed by atoms with Gasteiger partial charge in [-0.25, -0.2) is 8.78 Å². The number of amides is 1. The van der Waals surface area contributed by atoms with Crippen LogP contribution in [-0.4, -0.2) is 23.9 Å².